The predicted molar refractivity (Wildman–Crippen MR) is 220 cm³/mol. The number of H-pyrrole nitrogens is 2. The second kappa shape index (κ2) is 17.2. The van der Waals surface area contributed by atoms with Crippen LogP contribution in [0.4, 0.5) is 9.59 Å². The summed E-state index contributed by atoms with van der Waals surface area (Å²) in [4.78, 5) is 85.5. The zero-order valence-electron chi connectivity index (χ0n) is 34.1. The Labute approximate surface area is 345 Å². The van der Waals surface area contributed by atoms with Crippen molar-refractivity contribution in [3.05, 3.63) is 70.7 Å². The lowest BCUT2D eigenvalue weighted by Gasteiger charge is -2.34. The maximum absolute atomic E-state index is 14.0. The van der Waals surface area contributed by atoms with Crippen LogP contribution in [0.25, 0.3) is 44.5 Å². The number of imidazole rings is 2. The predicted octanol–water partition coefficient (Wildman–Crippen LogP) is 5.59. The molecule has 17 nitrogen and oxygen atoms in total. The molecule has 3 aliphatic heterocycles. The van der Waals surface area contributed by atoms with Crippen LogP contribution in [0.15, 0.2) is 58.0 Å². The van der Waals surface area contributed by atoms with Gasteiger partial charge in [-0.15, -0.1) is 0 Å². The summed E-state index contributed by atoms with van der Waals surface area (Å²) in [6, 6.07) is 8.71. The number of alkyl carbamates (subject to hydrolysis) is 2. The largest absolute Gasteiger partial charge is 0.456 e. The molecule has 8 rings (SSSR count). The van der Waals surface area contributed by atoms with Gasteiger partial charge in [-0.1, -0.05) is 19.9 Å². The highest BCUT2D eigenvalue weighted by Crippen LogP contribution is 2.36. The topological polar surface area (TPSA) is 214 Å². The number of benzene rings is 2. The minimum absolute atomic E-state index is 0.0708. The van der Waals surface area contributed by atoms with Gasteiger partial charge in [0.25, 0.3) is 0 Å². The molecule has 4 N–H and O–H groups in total. The standard InChI is InChI=1S/C43H50N8O9/c1-23(2)35(48-42(55)57-3)40(53)50-15-5-7-31(50)38-45-22-30(47-38)26-9-11-27-34(20-26)60-33-12-10-25(19-28(33)37(27)52)29-21-44-39(46-29)32-8-6-16-51(32)41(54)36(49-43(56)58-4)24-13-17-59-18-14-24/h9-12,19-24,31-32,35-36H,5-8,13-18H2,1-4H3,(H,44,46)(H,45,47)(H,48,55)(H,49,56)/t31-,32-,35-,36-/m0/s1. The van der Waals surface area contributed by atoms with Crippen molar-refractivity contribution >= 4 is 45.9 Å². The molecule has 0 bridgehead atoms. The number of aromatic amines is 2. The fourth-order valence-electron chi connectivity index (χ4n) is 8.80. The molecule has 3 aromatic heterocycles. The Morgan fingerprint density at radius 2 is 1.33 bits per heavy atom. The molecular weight excluding hydrogens is 773 g/mol. The molecule has 0 aliphatic carbocycles. The van der Waals surface area contributed by atoms with Crippen LogP contribution >= 0.6 is 0 Å². The van der Waals surface area contributed by atoms with Gasteiger partial charge in [0.2, 0.25) is 17.2 Å². The lowest BCUT2D eigenvalue weighted by molar-refractivity contribution is -0.137. The van der Waals surface area contributed by atoms with Crippen LogP contribution in [0, 0.1) is 11.8 Å². The highest BCUT2D eigenvalue weighted by atomic mass is 16.5. The molecule has 0 radical (unpaired) electrons. The molecule has 3 aliphatic rings. The summed E-state index contributed by atoms with van der Waals surface area (Å²) in [7, 11) is 2.55. The van der Waals surface area contributed by atoms with Crippen LogP contribution in [0.2, 0.25) is 0 Å². The number of nitrogens with zero attached hydrogens (tertiary/aromatic N) is 4. The number of methoxy groups -OCH3 is 2. The Morgan fingerprint density at radius 1 is 0.750 bits per heavy atom. The number of hydrogen-bond acceptors (Lipinski definition) is 11. The molecular formula is C43H50N8O9. The summed E-state index contributed by atoms with van der Waals surface area (Å²) in [5.41, 5.74) is 3.53. The van der Waals surface area contributed by atoms with Crippen molar-refractivity contribution in [3.63, 3.8) is 0 Å². The quantitative estimate of drug-likeness (QED) is 0.128. The van der Waals surface area contributed by atoms with Crippen LogP contribution < -0.4 is 16.1 Å². The van der Waals surface area contributed by atoms with E-state index in [0.29, 0.717) is 97.0 Å². The van der Waals surface area contributed by atoms with Gasteiger partial charge in [0, 0.05) is 37.4 Å². The van der Waals surface area contributed by atoms with Crippen molar-refractivity contribution in [3.8, 4) is 22.5 Å². The molecule has 4 atom stereocenters. The summed E-state index contributed by atoms with van der Waals surface area (Å²) in [5.74, 6) is 0.682. The Kier molecular flexibility index (Phi) is 11.6. The average molecular weight is 823 g/mol. The first-order valence-corrected chi connectivity index (χ1v) is 20.5. The van der Waals surface area contributed by atoms with Gasteiger partial charge in [-0.3, -0.25) is 14.4 Å². The molecule has 6 heterocycles. The van der Waals surface area contributed by atoms with E-state index < -0.39 is 24.3 Å². The third-order valence-electron chi connectivity index (χ3n) is 12.0. The van der Waals surface area contributed by atoms with Crippen LogP contribution in [0.1, 0.15) is 76.1 Å². The molecule has 3 saturated heterocycles. The third-order valence-corrected chi connectivity index (χ3v) is 12.0. The van der Waals surface area contributed by atoms with Crippen molar-refractivity contribution in [2.45, 2.75) is 76.5 Å². The molecule has 5 aromatic rings. The Morgan fingerprint density at radius 3 is 1.95 bits per heavy atom. The molecule has 4 amide bonds. The molecule has 0 spiro atoms. The Bertz CT molecular complexity index is 2470. The first-order chi connectivity index (χ1) is 29.0. The monoisotopic (exact) mass is 822 g/mol. The van der Waals surface area contributed by atoms with Crippen LogP contribution in [-0.4, -0.2) is 106 Å². The highest BCUT2D eigenvalue weighted by molar-refractivity contribution is 5.93. The Hall–Kier alpha value is -6.23. The Balaban J connectivity index is 1.01. The molecule has 0 unspecified atom stereocenters. The number of ether oxygens (including phenoxy) is 3. The third kappa shape index (κ3) is 7.92. The van der Waals surface area contributed by atoms with E-state index in [1.807, 2.05) is 26.0 Å². The molecule has 17 heteroatoms. The lowest BCUT2D eigenvalue weighted by atomic mass is 9.90. The van der Waals surface area contributed by atoms with Crippen molar-refractivity contribution in [2.24, 2.45) is 11.8 Å². The minimum atomic E-state index is -0.737. The van der Waals surface area contributed by atoms with Crippen LogP contribution in [0.3, 0.4) is 0 Å². The maximum Gasteiger partial charge on any atom is 0.407 e. The molecule has 3 fully saturated rings. The first-order valence-electron chi connectivity index (χ1n) is 20.5. The van der Waals surface area contributed by atoms with Crippen LogP contribution in [-0.2, 0) is 23.8 Å². The number of rotatable bonds is 10. The van der Waals surface area contributed by atoms with Gasteiger partial charge in [0.05, 0.1) is 60.9 Å². The van der Waals surface area contributed by atoms with Gasteiger partial charge < -0.3 is 49.0 Å². The molecule has 60 heavy (non-hydrogen) atoms. The van der Waals surface area contributed by atoms with Gasteiger partial charge in [-0.05, 0) is 80.7 Å². The second-order valence-electron chi connectivity index (χ2n) is 16.0. The lowest BCUT2D eigenvalue weighted by Crippen LogP contribution is -2.53. The highest BCUT2D eigenvalue weighted by Gasteiger charge is 2.41. The summed E-state index contributed by atoms with van der Waals surface area (Å²) < 4.78 is 21.4. The number of likely N-dealkylation sites (tertiary alicyclic amines) is 2. The second-order valence-corrected chi connectivity index (χ2v) is 16.0. The molecule has 2 aromatic carbocycles. The minimum Gasteiger partial charge on any atom is -0.456 e. The SMILES string of the molecule is COC(=O)N[C@H](C(=O)N1CCC[C@H]1c1ncc(-c2ccc3c(=O)c4cc(-c5cnc([C@@H]6CCCN6C(=O)[C@@H](NC(=O)OC)C6CCOCC6)[nH]5)ccc4oc3c2)[nH]1)C(C)C. The van der Waals surface area contributed by atoms with Gasteiger partial charge in [-0.25, -0.2) is 19.6 Å². The van der Waals surface area contributed by atoms with Crippen LogP contribution in [0.5, 0.6) is 0 Å². The van der Waals surface area contributed by atoms with E-state index in [0.717, 1.165) is 24.0 Å². The fraction of sp³-hybridized carbons (Fsp3) is 0.465. The number of aromatic nitrogens is 4. The first kappa shape index (κ1) is 40.5. The van der Waals surface area contributed by atoms with Crippen molar-refractivity contribution < 1.29 is 37.8 Å². The fourth-order valence-corrected chi connectivity index (χ4v) is 8.80. The number of hydrogen-bond donors (Lipinski definition) is 4. The summed E-state index contributed by atoms with van der Waals surface area (Å²) in [5, 5.41) is 6.28. The zero-order valence-corrected chi connectivity index (χ0v) is 34.1. The number of carbonyl (C=O) groups excluding carboxylic acids is 4. The van der Waals surface area contributed by atoms with E-state index >= 15 is 0 Å². The number of carbonyl (C=O) groups is 4. The van der Waals surface area contributed by atoms with Gasteiger partial charge in [-0.2, -0.15) is 0 Å². The molecule has 0 saturated carbocycles. The smallest absolute Gasteiger partial charge is 0.407 e. The van der Waals surface area contributed by atoms with Gasteiger partial charge in [0.1, 0.15) is 34.9 Å². The van der Waals surface area contributed by atoms with E-state index in [4.69, 9.17) is 18.6 Å². The normalized spacial score (nSPS) is 19.5. The van der Waals surface area contributed by atoms with Crippen molar-refractivity contribution in [2.75, 3.05) is 40.5 Å². The number of amides is 4. The van der Waals surface area contributed by atoms with E-state index in [2.05, 4.69) is 30.6 Å². The zero-order chi connectivity index (χ0) is 42.1. The summed E-state index contributed by atoms with van der Waals surface area (Å²) >= 11 is 0. The van der Waals surface area contributed by atoms with Crippen molar-refractivity contribution in [1.82, 2.24) is 40.4 Å². The molecule has 316 valence electrons. The number of nitrogens with one attached hydrogen (secondary N) is 4. The van der Waals surface area contributed by atoms with E-state index in [-0.39, 0.29) is 41.2 Å². The van der Waals surface area contributed by atoms with E-state index in [1.165, 1.54) is 14.2 Å². The van der Waals surface area contributed by atoms with E-state index in [1.54, 1.807) is 46.5 Å². The number of fused-ring (bicyclic) bond motifs is 2. The van der Waals surface area contributed by atoms with E-state index in [9.17, 15) is 24.0 Å². The van der Waals surface area contributed by atoms with Crippen molar-refractivity contribution in [1.29, 1.82) is 0 Å². The maximum atomic E-state index is 14.0. The van der Waals surface area contributed by atoms with Gasteiger partial charge in [0.15, 0.2) is 0 Å². The van der Waals surface area contributed by atoms with Gasteiger partial charge >= 0.3 is 12.2 Å². The average Bonchev–Trinajstić information content (AvgIpc) is 4.11. The summed E-state index contributed by atoms with van der Waals surface area (Å²) in [6.45, 7) is 5.88. The summed E-state index contributed by atoms with van der Waals surface area (Å²) in [6.07, 6.45) is 6.43.